The van der Waals surface area contributed by atoms with Gasteiger partial charge in [0, 0.05) is 18.1 Å². The van der Waals surface area contributed by atoms with Crippen molar-refractivity contribution >= 4 is 0 Å². The zero-order chi connectivity index (χ0) is 11.4. The summed E-state index contributed by atoms with van der Waals surface area (Å²) < 4.78 is 0. The van der Waals surface area contributed by atoms with Crippen molar-refractivity contribution in [3.63, 3.8) is 0 Å². The third kappa shape index (κ3) is 2.23. The fraction of sp³-hybridized carbons (Fsp3) is 0.250. The van der Waals surface area contributed by atoms with Crippen molar-refractivity contribution in [1.82, 2.24) is 20.3 Å². The fourth-order valence-electron chi connectivity index (χ4n) is 1.61. The molecule has 4 nitrogen and oxygen atoms in total. The molecule has 16 heavy (non-hydrogen) atoms. The zero-order valence-electron chi connectivity index (χ0n) is 9.38. The monoisotopic (exact) mass is 214 g/mol. The summed E-state index contributed by atoms with van der Waals surface area (Å²) in [4.78, 5) is 12.5. The molecule has 82 valence electrons. The van der Waals surface area contributed by atoms with Crippen LogP contribution in [-0.4, -0.2) is 22.0 Å². The Labute approximate surface area is 94.8 Å². The van der Waals surface area contributed by atoms with Crippen LogP contribution < -0.4 is 5.32 Å². The molecule has 0 aliphatic carbocycles. The summed E-state index contributed by atoms with van der Waals surface area (Å²) in [6.07, 6.45) is 5.17. The first-order valence-corrected chi connectivity index (χ1v) is 5.17. The minimum atomic E-state index is 0.0658. The van der Waals surface area contributed by atoms with E-state index in [0.29, 0.717) is 0 Å². The molecule has 0 saturated heterocycles. The molecule has 0 saturated carbocycles. The lowest BCUT2D eigenvalue weighted by Gasteiger charge is -2.15. The molecule has 0 aromatic carbocycles. The summed E-state index contributed by atoms with van der Waals surface area (Å²) in [5.74, 6) is 0. The molecule has 0 spiro atoms. The standard InChI is InChI=1S/C12H14N4/c1-9-3-4-10(7-15-9)12(13-2)11-5-6-14-8-16-11/h3-8,12-13H,1-2H3. The molecule has 4 heteroatoms. The Morgan fingerprint density at radius 2 is 2.06 bits per heavy atom. The molecule has 1 unspecified atom stereocenters. The van der Waals surface area contributed by atoms with Gasteiger partial charge >= 0.3 is 0 Å². The topological polar surface area (TPSA) is 50.7 Å². The highest BCUT2D eigenvalue weighted by molar-refractivity contribution is 5.25. The fourth-order valence-corrected chi connectivity index (χ4v) is 1.61. The van der Waals surface area contributed by atoms with Crippen LogP contribution in [0.5, 0.6) is 0 Å². The van der Waals surface area contributed by atoms with Crippen molar-refractivity contribution in [1.29, 1.82) is 0 Å². The van der Waals surface area contributed by atoms with Gasteiger partial charge in [0.15, 0.2) is 0 Å². The number of aryl methyl sites for hydroxylation is 1. The smallest absolute Gasteiger partial charge is 0.115 e. The predicted molar refractivity (Wildman–Crippen MR) is 61.9 cm³/mol. The third-order valence-corrected chi connectivity index (χ3v) is 2.46. The summed E-state index contributed by atoms with van der Waals surface area (Å²) in [6.45, 7) is 1.98. The summed E-state index contributed by atoms with van der Waals surface area (Å²) in [7, 11) is 1.91. The number of nitrogens with one attached hydrogen (secondary N) is 1. The van der Waals surface area contributed by atoms with Gasteiger partial charge < -0.3 is 5.32 Å². The highest BCUT2D eigenvalue weighted by atomic mass is 14.9. The Bertz CT molecular complexity index is 438. The molecule has 2 rings (SSSR count). The van der Waals surface area contributed by atoms with Crippen molar-refractivity contribution < 1.29 is 0 Å². The second-order valence-corrected chi connectivity index (χ2v) is 3.59. The number of aromatic nitrogens is 3. The molecule has 2 aromatic heterocycles. The van der Waals surface area contributed by atoms with Gasteiger partial charge in [-0.25, -0.2) is 9.97 Å². The van der Waals surface area contributed by atoms with Crippen molar-refractivity contribution in [2.24, 2.45) is 0 Å². The van der Waals surface area contributed by atoms with Crippen LogP contribution in [0.3, 0.4) is 0 Å². The molecule has 2 heterocycles. The lowest BCUT2D eigenvalue weighted by atomic mass is 10.1. The van der Waals surface area contributed by atoms with Gasteiger partial charge in [0.2, 0.25) is 0 Å². The van der Waals surface area contributed by atoms with E-state index in [-0.39, 0.29) is 6.04 Å². The maximum Gasteiger partial charge on any atom is 0.115 e. The van der Waals surface area contributed by atoms with E-state index in [1.807, 2.05) is 32.3 Å². The molecular formula is C12H14N4. The predicted octanol–water partition coefficient (Wildman–Crippen LogP) is 1.49. The maximum absolute atomic E-state index is 4.29. The van der Waals surface area contributed by atoms with Crippen molar-refractivity contribution in [3.05, 3.63) is 53.9 Å². The van der Waals surface area contributed by atoms with Crippen LogP contribution in [0.2, 0.25) is 0 Å². The number of hydrogen-bond donors (Lipinski definition) is 1. The lowest BCUT2D eigenvalue weighted by Crippen LogP contribution is -2.19. The minimum absolute atomic E-state index is 0.0658. The normalized spacial score (nSPS) is 12.4. The van der Waals surface area contributed by atoms with Crippen molar-refractivity contribution in [2.75, 3.05) is 7.05 Å². The van der Waals surface area contributed by atoms with Gasteiger partial charge in [-0.1, -0.05) is 6.07 Å². The number of rotatable bonds is 3. The first kappa shape index (κ1) is 10.7. The van der Waals surface area contributed by atoms with Gasteiger partial charge in [-0.3, -0.25) is 4.98 Å². The van der Waals surface area contributed by atoms with Gasteiger partial charge in [-0.2, -0.15) is 0 Å². The Balaban J connectivity index is 2.33. The van der Waals surface area contributed by atoms with Crippen molar-refractivity contribution in [2.45, 2.75) is 13.0 Å². The minimum Gasteiger partial charge on any atom is -0.308 e. The average molecular weight is 214 g/mol. The Hall–Kier alpha value is -1.81. The van der Waals surface area contributed by atoms with Gasteiger partial charge in [-0.15, -0.1) is 0 Å². The van der Waals surface area contributed by atoms with Crippen LogP contribution in [0, 0.1) is 6.92 Å². The van der Waals surface area contributed by atoms with E-state index >= 15 is 0 Å². The van der Waals surface area contributed by atoms with Crippen LogP contribution >= 0.6 is 0 Å². The second kappa shape index (κ2) is 4.81. The Kier molecular flexibility index (Phi) is 3.22. The Morgan fingerprint density at radius 3 is 2.62 bits per heavy atom. The second-order valence-electron chi connectivity index (χ2n) is 3.59. The maximum atomic E-state index is 4.29. The molecular weight excluding hydrogens is 200 g/mol. The van der Waals surface area contributed by atoms with Crippen LogP contribution in [-0.2, 0) is 0 Å². The van der Waals surface area contributed by atoms with Gasteiger partial charge in [0.25, 0.3) is 0 Å². The third-order valence-electron chi connectivity index (χ3n) is 2.46. The number of pyridine rings is 1. The highest BCUT2D eigenvalue weighted by Gasteiger charge is 2.12. The highest BCUT2D eigenvalue weighted by Crippen LogP contribution is 2.18. The number of hydrogen-bond acceptors (Lipinski definition) is 4. The lowest BCUT2D eigenvalue weighted by molar-refractivity contribution is 0.665. The Morgan fingerprint density at radius 1 is 1.19 bits per heavy atom. The van der Waals surface area contributed by atoms with Crippen LogP contribution in [0.1, 0.15) is 23.0 Å². The zero-order valence-corrected chi connectivity index (χ0v) is 9.38. The van der Waals surface area contributed by atoms with E-state index in [4.69, 9.17) is 0 Å². The average Bonchev–Trinajstić information content (AvgIpc) is 2.34. The summed E-state index contributed by atoms with van der Waals surface area (Å²) >= 11 is 0. The van der Waals surface area contributed by atoms with Gasteiger partial charge in [0.05, 0.1) is 11.7 Å². The van der Waals surface area contributed by atoms with Crippen LogP contribution in [0.4, 0.5) is 0 Å². The van der Waals surface area contributed by atoms with E-state index in [1.54, 1.807) is 12.5 Å². The largest absolute Gasteiger partial charge is 0.308 e. The molecule has 0 aliphatic heterocycles. The molecule has 2 aromatic rings. The molecule has 1 N–H and O–H groups in total. The van der Waals surface area contributed by atoms with E-state index in [1.165, 1.54) is 0 Å². The first-order chi connectivity index (χ1) is 7.81. The molecule has 0 amide bonds. The first-order valence-electron chi connectivity index (χ1n) is 5.17. The van der Waals surface area contributed by atoms with Crippen LogP contribution in [0.15, 0.2) is 36.9 Å². The number of nitrogens with zero attached hydrogens (tertiary/aromatic N) is 3. The van der Waals surface area contributed by atoms with E-state index in [9.17, 15) is 0 Å². The van der Waals surface area contributed by atoms with Crippen molar-refractivity contribution in [3.8, 4) is 0 Å². The van der Waals surface area contributed by atoms with E-state index < -0.39 is 0 Å². The SMILES string of the molecule is CNC(c1ccc(C)nc1)c1ccncn1. The molecule has 1 atom stereocenters. The van der Waals surface area contributed by atoms with Gasteiger partial charge in [-0.05, 0) is 31.7 Å². The molecule has 0 bridgehead atoms. The summed E-state index contributed by atoms with van der Waals surface area (Å²) in [5.41, 5.74) is 3.07. The summed E-state index contributed by atoms with van der Waals surface area (Å²) in [6, 6.07) is 6.03. The molecule has 0 aliphatic rings. The molecule has 0 fully saturated rings. The van der Waals surface area contributed by atoms with E-state index in [2.05, 4.69) is 26.3 Å². The quantitative estimate of drug-likeness (QED) is 0.841. The molecule has 0 radical (unpaired) electrons. The summed E-state index contributed by atoms with van der Waals surface area (Å²) in [5, 5.41) is 3.22. The van der Waals surface area contributed by atoms with Crippen LogP contribution in [0.25, 0.3) is 0 Å². The van der Waals surface area contributed by atoms with E-state index in [0.717, 1.165) is 17.0 Å². The van der Waals surface area contributed by atoms with Gasteiger partial charge in [0.1, 0.15) is 6.33 Å².